The van der Waals surface area contributed by atoms with Crippen molar-refractivity contribution in [1.82, 2.24) is 0 Å². The normalized spacial score (nSPS) is 11.5. The van der Waals surface area contributed by atoms with E-state index in [1.807, 2.05) is 30.6 Å². The molecule has 0 aliphatic heterocycles. The van der Waals surface area contributed by atoms with Crippen molar-refractivity contribution in [2.45, 2.75) is 0 Å². The van der Waals surface area contributed by atoms with E-state index in [0.717, 1.165) is 0 Å². The van der Waals surface area contributed by atoms with Crippen LogP contribution in [-0.4, -0.2) is 13.0 Å². The number of nitrogens with zero attached hydrogens (tertiary/aromatic N) is 2. The highest BCUT2D eigenvalue weighted by atomic mass is 15.1. The summed E-state index contributed by atoms with van der Waals surface area (Å²) in [6.45, 7) is 0. The molecule has 1 heterocycles. The summed E-state index contributed by atoms with van der Waals surface area (Å²) in [5.41, 5.74) is 5.51. The van der Waals surface area contributed by atoms with Gasteiger partial charge in [-0.1, -0.05) is 6.07 Å². The van der Waals surface area contributed by atoms with Crippen molar-refractivity contribution in [2.75, 3.05) is 7.05 Å². The van der Waals surface area contributed by atoms with Gasteiger partial charge >= 0.3 is 5.96 Å². The van der Waals surface area contributed by atoms with Crippen molar-refractivity contribution in [3.05, 3.63) is 30.6 Å². The van der Waals surface area contributed by atoms with E-state index in [4.69, 9.17) is 5.73 Å². The predicted octanol–water partition coefficient (Wildman–Crippen LogP) is -0.233. The summed E-state index contributed by atoms with van der Waals surface area (Å²) in [6, 6.07) is 5.73. The first kappa shape index (κ1) is 6.74. The van der Waals surface area contributed by atoms with Crippen LogP contribution in [0, 0.1) is 0 Å². The van der Waals surface area contributed by atoms with E-state index in [-0.39, 0.29) is 0 Å². The number of rotatable bonds is 0. The van der Waals surface area contributed by atoms with Crippen LogP contribution in [-0.2, 0) is 0 Å². The maximum Gasteiger partial charge on any atom is 0.388 e. The highest BCUT2D eigenvalue weighted by Gasteiger charge is 1.97. The van der Waals surface area contributed by atoms with Crippen molar-refractivity contribution < 1.29 is 4.57 Å². The molecule has 0 aliphatic rings. The molecule has 10 heavy (non-hydrogen) atoms. The lowest BCUT2D eigenvalue weighted by Crippen LogP contribution is -2.47. The maximum atomic E-state index is 5.51. The Morgan fingerprint density at radius 3 is 2.40 bits per heavy atom. The Morgan fingerprint density at radius 2 is 1.90 bits per heavy atom. The zero-order valence-electron chi connectivity index (χ0n) is 5.86. The van der Waals surface area contributed by atoms with E-state index in [0.29, 0.717) is 5.96 Å². The van der Waals surface area contributed by atoms with E-state index < -0.39 is 0 Å². The molecular formula is C7H10N3+. The fraction of sp³-hybridized carbons (Fsp3) is 0.143. The molecule has 3 nitrogen and oxygen atoms in total. The number of pyridine rings is 1. The quantitative estimate of drug-likeness (QED) is 0.299. The van der Waals surface area contributed by atoms with Gasteiger partial charge in [0.25, 0.3) is 0 Å². The van der Waals surface area contributed by atoms with Crippen LogP contribution in [0.4, 0.5) is 0 Å². The Kier molecular flexibility index (Phi) is 1.99. The molecule has 0 amide bonds. The summed E-state index contributed by atoms with van der Waals surface area (Å²) in [5.74, 6) is 0.501. The average molecular weight is 136 g/mol. The lowest BCUT2D eigenvalue weighted by Gasteiger charge is -1.92. The molecule has 0 spiro atoms. The molecule has 0 atom stereocenters. The second kappa shape index (κ2) is 2.96. The molecular weight excluding hydrogens is 126 g/mol. The van der Waals surface area contributed by atoms with Crippen LogP contribution < -0.4 is 10.3 Å². The lowest BCUT2D eigenvalue weighted by molar-refractivity contribution is -0.557. The van der Waals surface area contributed by atoms with Gasteiger partial charge in [-0.3, -0.25) is 5.73 Å². The molecule has 1 aromatic rings. The molecule has 52 valence electrons. The molecule has 2 N–H and O–H groups in total. The molecule has 0 aromatic carbocycles. The minimum atomic E-state index is 0.501. The van der Waals surface area contributed by atoms with E-state index in [2.05, 4.69) is 4.99 Å². The highest BCUT2D eigenvalue weighted by Crippen LogP contribution is 1.74. The Morgan fingerprint density at radius 1 is 1.30 bits per heavy atom. The standard InChI is InChI=1S/C7H10N3/c1-9-7(8)10-5-3-2-4-6-10/h2-6H,1H3,(H2,8,9)/q+1. The van der Waals surface area contributed by atoms with E-state index in [1.54, 1.807) is 11.6 Å². The predicted molar refractivity (Wildman–Crippen MR) is 39.6 cm³/mol. The topological polar surface area (TPSA) is 42.3 Å². The van der Waals surface area contributed by atoms with Crippen molar-refractivity contribution in [3.8, 4) is 0 Å². The minimum absolute atomic E-state index is 0.501. The van der Waals surface area contributed by atoms with Gasteiger partial charge in [0.05, 0.1) is 19.4 Å². The molecule has 0 radical (unpaired) electrons. The van der Waals surface area contributed by atoms with Gasteiger partial charge < -0.3 is 0 Å². The fourth-order valence-electron chi connectivity index (χ4n) is 0.667. The smallest absolute Gasteiger partial charge is 0.287 e. The number of aliphatic imine (C=N–C) groups is 1. The van der Waals surface area contributed by atoms with E-state index in [1.165, 1.54) is 0 Å². The molecule has 0 fully saturated rings. The van der Waals surface area contributed by atoms with Crippen LogP contribution in [0.3, 0.4) is 0 Å². The molecule has 0 aliphatic carbocycles. The Bertz CT molecular complexity index is 228. The lowest BCUT2D eigenvalue weighted by atomic mass is 10.5. The second-order valence-corrected chi connectivity index (χ2v) is 1.86. The molecule has 0 saturated heterocycles. The van der Waals surface area contributed by atoms with Gasteiger partial charge in [0, 0.05) is 0 Å². The molecule has 0 unspecified atom stereocenters. The number of nitrogens with two attached hydrogens (primary N) is 1. The van der Waals surface area contributed by atoms with Crippen molar-refractivity contribution in [1.29, 1.82) is 0 Å². The third-order valence-electron chi connectivity index (χ3n) is 1.21. The third-order valence-corrected chi connectivity index (χ3v) is 1.21. The average Bonchev–Trinajstić information content (AvgIpc) is 2.05. The largest absolute Gasteiger partial charge is 0.388 e. The summed E-state index contributed by atoms with van der Waals surface area (Å²) in [6.07, 6.45) is 3.70. The zero-order chi connectivity index (χ0) is 7.40. The number of hydrogen-bond acceptors (Lipinski definition) is 1. The van der Waals surface area contributed by atoms with Crippen molar-refractivity contribution in [2.24, 2.45) is 10.7 Å². The van der Waals surface area contributed by atoms with Gasteiger partial charge in [0.15, 0.2) is 0 Å². The highest BCUT2D eigenvalue weighted by molar-refractivity contribution is 5.67. The monoisotopic (exact) mass is 136 g/mol. The first-order valence-electron chi connectivity index (χ1n) is 3.03. The van der Waals surface area contributed by atoms with Crippen molar-refractivity contribution >= 4 is 5.96 Å². The van der Waals surface area contributed by atoms with Gasteiger partial charge in [-0.05, 0) is 12.1 Å². The Hall–Kier alpha value is -1.38. The Balaban J connectivity index is 2.96. The van der Waals surface area contributed by atoms with Crippen LogP contribution in [0.2, 0.25) is 0 Å². The summed E-state index contributed by atoms with van der Waals surface area (Å²) >= 11 is 0. The van der Waals surface area contributed by atoms with Gasteiger partial charge in [-0.2, -0.15) is 0 Å². The molecule has 1 rings (SSSR count). The fourth-order valence-corrected chi connectivity index (χ4v) is 0.667. The SMILES string of the molecule is CN=C(N)[n+]1ccccc1. The number of hydrogen-bond donors (Lipinski definition) is 1. The molecule has 0 bridgehead atoms. The maximum absolute atomic E-state index is 5.51. The van der Waals surface area contributed by atoms with Crippen LogP contribution in [0.1, 0.15) is 0 Å². The molecule has 3 heteroatoms. The van der Waals surface area contributed by atoms with Crippen molar-refractivity contribution in [3.63, 3.8) is 0 Å². The molecule has 0 saturated carbocycles. The summed E-state index contributed by atoms with van der Waals surface area (Å²) in [5, 5.41) is 0. The first-order chi connectivity index (χ1) is 4.84. The van der Waals surface area contributed by atoms with Crippen LogP contribution in [0.5, 0.6) is 0 Å². The van der Waals surface area contributed by atoms with Gasteiger partial charge in [0.2, 0.25) is 0 Å². The van der Waals surface area contributed by atoms with Crippen LogP contribution in [0.25, 0.3) is 0 Å². The van der Waals surface area contributed by atoms with Crippen LogP contribution in [0.15, 0.2) is 35.6 Å². The van der Waals surface area contributed by atoms with Gasteiger partial charge in [0.1, 0.15) is 0 Å². The summed E-state index contributed by atoms with van der Waals surface area (Å²) < 4.78 is 1.75. The van der Waals surface area contributed by atoms with Gasteiger partial charge in [-0.25, -0.2) is 4.57 Å². The summed E-state index contributed by atoms with van der Waals surface area (Å²) in [7, 11) is 1.66. The van der Waals surface area contributed by atoms with E-state index in [9.17, 15) is 0 Å². The van der Waals surface area contributed by atoms with Gasteiger partial charge in [-0.15, -0.1) is 4.99 Å². The third kappa shape index (κ3) is 1.31. The Labute approximate surface area is 59.8 Å². The summed E-state index contributed by atoms with van der Waals surface area (Å²) in [4.78, 5) is 3.82. The minimum Gasteiger partial charge on any atom is -0.287 e. The van der Waals surface area contributed by atoms with Crippen LogP contribution >= 0.6 is 0 Å². The second-order valence-electron chi connectivity index (χ2n) is 1.86. The molecule has 1 aromatic heterocycles. The zero-order valence-corrected chi connectivity index (χ0v) is 5.86. The number of aromatic nitrogens is 1. The first-order valence-corrected chi connectivity index (χ1v) is 3.03. The van der Waals surface area contributed by atoms with E-state index >= 15 is 0 Å².